The maximum atomic E-state index is 11.3. The molecule has 0 aliphatic carbocycles. The zero-order valence-corrected chi connectivity index (χ0v) is 11.0. The highest BCUT2D eigenvalue weighted by molar-refractivity contribution is 5.85. The monoisotopic (exact) mass is 273 g/mol. The number of alkyl carbamates (subject to hydrolysis) is 1. The number of carbonyl (C=O) groups is 1. The second kappa shape index (κ2) is 4.94. The van der Waals surface area contributed by atoms with Crippen LogP contribution >= 0.6 is 12.4 Å². The molecule has 6 heteroatoms. The molecule has 0 unspecified atom stereocenters. The second-order valence-electron chi connectivity index (χ2n) is 4.86. The van der Waals surface area contributed by atoms with Crippen molar-refractivity contribution in [3.8, 4) is 11.5 Å². The molecule has 1 aromatic carbocycles. The Morgan fingerprint density at radius 3 is 2.72 bits per heavy atom. The summed E-state index contributed by atoms with van der Waals surface area (Å²) in [5.41, 5.74) is 0.130. The molecule has 1 atom stereocenters. The number of amides is 1. The molecule has 0 bridgehead atoms. The highest BCUT2D eigenvalue weighted by Gasteiger charge is 2.39. The van der Waals surface area contributed by atoms with Gasteiger partial charge in [0.05, 0.1) is 6.04 Å². The molecule has 1 aliphatic rings. The minimum atomic E-state index is -0.517. The first-order chi connectivity index (χ1) is 7.92. The first-order valence-corrected chi connectivity index (χ1v) is 5.36. The number of nitrogens with one attached hydrogen (secondary N) is 1. The van der Waals surface area contributed by atoms with Gasteiger partial charge in [0, 0.05) is 11.0 Å². The van der Waals surface area contributed by atoms with Gasteiger partial charge in [-0.3, -0.25) is 0 Å². The summed E-state index contributed by atoms with van der Waals surface area (Å²) in [5.74, 6) is -0.396. The Hall–Kier alpha value is -1.62. The SMILES string of the molecule is CC1(C)COC(=O)N[C@@H]1c1cccc(O)c1O.Cl. The molecule has 1 heterocycles. The average molecular weight is 274 g/mol. The van der Waals surface area contributed by atoms with Crippen LogP contribution in [0.4, 0.5) is 4.79 Å². The van der Waals surface area contributed by atoms with E-state index in [0.29, 0.717) is 5.56 Å². The summed E-state index contributed by atoms with van der Waals surface area (Å²) in [6.45, 7) is 4.10. The van der Waals surface area contributed by atoms with E-state index in [1.165, 1.54) is 6.07 Å². The van der Waals surface area contributed by atoms with Gasteiger partial charge < -0.3 is 20.3 Å². The molecular formula is C12H16ClNO4. The van der Waals surface area contributed by atoms with E-state index in [-0.39, 0.29) is 35.9 Å². The molecule has 18 heavy (non-hydrogen) atoms. The lowest BCUT2D eigenvalue weighted by Crippen LogP contribution is -2.46. The number of hydrogen-bond donors (Lipinski definition) is 3. The predicted molar refractivity (Wildman–Crippen MR) is 68.0 cm³/mol. The number of aromatic hydroxyl groups is 2. The quantitative estimate of drug-likeness (QED) is 0.686. The normalized spacial score (nSPS) is 21.4. The van der Waals surface area contributed by atoms with E-state index in [9.17, 15) is 15.0 Å². The molecule has 0 spiro atoms. The van der Waals surface area contributed by atoms with Crippen molar-refractivity contribution in [2.45, 2.75) is 19.9 Å². The maximum Gasteiger partial charge on any atom is 0.407 e. The van der Waals surface area contributed by atoms with Crippen molar-refractivity contribution < 1.29 is 19.7 Å². The molecule has 100 valence electrons. The van der Waals surface area contributed by atoms with Crippen LogP contribution < -0.4 is 5.32 Å². The third kappa shape index (κ3) is 2.46. The summed E-state index contributed by atoms with van der Waals surface area (Å²) in [5, 5.41) is 22.0. The van der Waals surface area contributed by atoms with Crippen LogP contribution in [-0.4, -0.2) is 22.9 Å². The number of hydrogen-bond acceptors (Lipinski definition) is 4. The third-order valence-corrected chi connectivity index (χ3v) is 2.98. The highest BCUT2D eigenvalue weighted by atomic mass is 35.5. The lowest BCUT2D eigenvalue weighted by molar-refractivity contribution is 0.0380. The van der Waals surface area contributed by atoms with Gasteiger partial charge in [-0.05, 0) is 6.07 Å². The Bertz CT molecular complexity index is 461. The summed E-state index contributed by atoms with van der Waals surface area (Å²) in [4.78, 5) is 11.3. The number of benzene rings is 1. The predicted octanol–water partition coefficient (Wildman–Crippen LogP) is 2.33. The maximum absolute atomic E-state index is 11.3. The Morgan fingerprint density at radius 2 is 2.06 bits per heavy atom. The van der Waals surface area contributed by atoms with E-state index in [1.807, 2.05) is 13.8 Å². The summed E-state index contributed by atoms with van der Waals surface area (Å²) < 4.78 is 4.92. The van der Waals surface area contributed by atoms with Gasteiger partial charge in [0.15, 0.2) is 11.5 Å². The smallest absolute Gasteiger partial charge is 0.407 e. The van der Waals surface area contributed by atoms with Crippen molar-refractivity contribution in [3.63, 3.8) is 0 Å². The molecule has 3 N–H and O–H groups in total. The molecular weight excluding hydrogens is 258 g/mol. The summed E-state index contributed by atoms with van der Waals surface area (Å²) in [6.07, 6.45) is -0.517. The van der Waals surface area contributed by atoms with Crippen LogP contribution in [0.25, 0.3) is 0 Å². The van der Waals surface area contributed by atoms with Crippen LogP contribution in [0.3, 0.4) is 0 Å². The van der Waals surface area contributed by atoms with Crippen LogP contribution in [0.5, 0.6) is 11.5 Å². The Balaban J connectivity index is 0.00000162. The van der Waals surface area contributed by atoms with Crippen LogP contribution in [0, 0.1) is 5.41 Å². The number of carbonyl (C=O) groups excluding carboxylic acids is 1. The van der Waals surface area contributed by atoms with E-state index in [1.54, 1.807) is 12.1 Å². The van der Waals surface area contributed by atoms with Crippen LogP contribution in [0.1, 0.15) is 25.5 Å². The van der Waals surface area contributed by atoms with E-state index in [4.69, 9.17) is 4.74 Å². The van der Waals surface area contributed by atoms with Crippen molar-refractivity contribution in [2.24, 2.45) is 5.41 Å². The van der Waals surface area contributed by atoms with E-state index >= 15 is 0 Å². The van der Waals surface area contributed by atoms with Gasteiger partial charge in [0.25, 0.3) is 0 Å². The zero-order chi connectivity index (χ0) is 12.6. The fourth-order valence-electron chi connectivity index (χ4n) is 1.97. The number of para-hydroxylation sites is 1. The number of phenols is 2. The Kier molecular flexibility index (Phi) is 3.96. The second-order valence-corrected chi connectivity index (χ2v) is 4.86. The minimum absolute atomic E-state index is 0. The standard InChI is InChI=1S/C12H15NO4.ClH/c1-12(2)6-17-11(16)13-10(12)7-4-3-5-8(14)9(7)15;/h3-5,10,14-15H,6H2,1-2H3,(H,13,16);1H/t10-;/m1./s1. The van der Waals surface area contributed by atoms with E-state index in [2.05, 4.69) is 5.32 Å². The van der Waals surface area contributed by atoms with Gasteiger partial charge in [0.1, 0.15) is 6.61 Å². The van der Waals surface area contributed by atoms with Crippen molar-refractivity contribution >= 4 is 18.5 Å². The van der Waals surface area contributed by atoms with Crippen molar-refractivity contribution in [3.05, 3.63) is 23.8 Å². The molecule has 1 fully saturated rings. The lowest BCUT2D eigenvalue weighted by Gasteiger charge is -2.38. The summed E-state index contributed by atoms with van der Waals surface area (Å²) in [6, 6.07) is 4.30. The van der Waals surface area contributed by atoms with Gasteiger partial charge in [0.2, 0.25) is 0 Å². The molecule has 5 nitrogen and oxygen atoms in total. The number of ether oxygens (including phenoxy) is 1. The summed E-state index contributed by atoms with van der Waals surface area (Å²) in [7, 11) is 0. The van der Waals surface area contributed by atoms with Gasteiger partial charge in [-0.25, -0.2) is 4.79 Å². The molecule has 1 aromatic rings. The first kappa shape index (κ1) is 14.4. The average Bonchev–Trinajstić information content (AvgIpc) is 2.26. The lowest BCUT2D eigenvalue weighted by atomic mass is 9.80. The van der Waals surface area contributed by atoms with Crippen molar-refractivity contribution in [2.75, 3.05) is 6.61 Å². The Morgan fingerprint density at radius 1 is 1.39 bits per heavy atom. The first-order valence-electron chi connectivity index (χ1n) is 5.36. The Labute approximate surface area is 111 Å². The summed E-state index contributed by atoms with van der Waals surface area (Å²) >= 11 is 0. The molecule has 1 saturated heterocycles. The number of cyclic esters (lactones) is 1. The fraction of sp³-hybridized carbons (Fsp3) is 0.417. The highest BCUT2D eigenvalue weighted by Crippen LogP contribution is 2.42. The number of rotatable bonds is 1. The van der Waals surface area contributed by atoms with Gasteiger partial charge >= 0.3 is 6.09 Å². The topological polar surface area (TPSA) is 78.8 Å². The largest absolute Gasteiger partial charge is 0.504 e. The van der Waals surface area contributed by atoms with Crippen LogP contribution in [-0.2, 0) is 4.74 Å². The third-order valence-electron chi connectivity index (χ3n) is 2.98. The zero-order valence-electron chi connectivity index (χ0n) is 10.1. The van der Waals surface area contributed by atoms with E-state index in [0.717, 1.165) is 0 Å². The minimum Gasteiger partial charge on any atom is -0.504 e. The molecule has 0 radical (unpaired) electrons. The van der Waals surface area contributed by atoms with E-state index < -0.39 is 12.1 Å². The molecule has 2 rings (SSSR count). The molecule has 0 aromatic heterocycles. The van der Waals surface area contributed by atoms with Crippen LogP contribution in [0.15, 0.2) is 18.2 Å². The number of halogens is 1. The molecule has 0 saturated carbocycles. The molecule has 1 aliphatic heterocycles. The van der Waals surface area contributed by atoms with Crippen LogP contribution in [0.2, 0.25) is 0 Å². The van der Waals surface area contributed by atoms with Gasteiger partial charge in [-0.15, -0.1) is 12.4 Å². The van der Waals surface area contributed by atoms with Gasteiger partial charge in [-0.2, -0.15) is 0 Å². The van der Waals surface area contributed by atoms with Crippen molar-refractivity contribution in [1.82, 2.24) is 5.32 Å². The molecule has 1 amide bonds. The number of phenolic OH excluding ortho intramolecular Hbond substituents is 2. The fourth-order valence-corrected chi connectivity index (χ4v) is 1.97. The van der Waals surface area contributed by atoms with Gasteiger partial charge in [-0.1, -0.05) is 26.0 Å². The van der Waals surface area contributed by atoms with Crippen molar-refractivity contribution in [1.29, 1.82) is 0 Å².